The number of carbonyl (C=O) groups excluding carboxylic acids is 2. The van der Waals surface area contributed by atoms with E-state index in [0.717, 1.165) is 0 Å². The minimum absolute atomic E-state index is 0.356. The first-order chi connectivity index (χ1) is 10.0. The normalized spacial score (nSPS) is 19.3. The fourth-order valence-electron chi connectivity index (χ4n) is 1.81. The summed E-state index contributed by atoms with van der Waals surface area (Å²) in [5.74, 6) is -2.61. The van der Waals surface area contributed by atoms with Crippen LogP contribution in [0.4, 0.5) is 0 Å². The van der Waals surface area contributed by atoms with Gasteiger partial charge in [-0.25, -0.2) is 4.79 Å². The van der Waals surface area contributed by atoms with Crippen molar-refractivity contribution in [3.05, 3.63) is 47.4 Å². The Kier molecular flexibility index (Phi) is 4.56. The molecule has 0 saturated heterocycles. The number of ketones is 1. The Balaban J connectivity index is 2.07. The van der Waals surface area contributed by atoms with E-state index in [0.29, 0.717) is 5.56 Å². The monoisotopic (exact) mass is 294 g/mol. The van der Waals surface area contributed by atoms with Crippen molar-refractivity contribution < 1.29 is 34.4 Å². The van der Waals surface area contributed by atoms with Gasteiger partial charge in [-0.1, -0.05) is 30.3 Å². The number of Topliss-reactive ketones (excluding diaryl/α,β-unsaturated/α-hetero) is 1. The van der Waals surface area contributed by atoms with Gasteiger partial charge in [0.25, 0.3) is 0 Å². The molecule has 1 aromatic rings. The van der Waals surface area contributed by atoms with Crippen molar-refractivity contribution in [2.75, 3.05) is 13.2 Å². The van der Waals surface area contributed by atoms with Crippen molar-refractivity contribution in [1.82, 2.24) is 0 Å². The van der Waals surface area contributed by atoms with Gasteiger partial charge in [0.05, 0.1) is 6.61 Å². The molecule has 0 amide bonds. The largest absolute Gasteiger partial charge is 0.499 e. The van der Waals surface area contributed by atoms with E-state index in [1.54, 1.807) is 30.3 Å². The number of hydrogen-bond donors (Lipinski definition) is 3. The van der Waals surface area contributed by atoms with E-state index >= 15 is 0 Å². The van der Waals surface area contributed by atoms with Crippen LogP contribution in [0, 0.1) is 0 Å². The summed E-state index contributed by atoms with van der Waals surface area (Å²) >= 11 is 0. The number of aliphatic hydroxyl groups is 3. The minimum Gasteiger partial charge on any atom is -0.499 e. The summed E-state index contributed by atoms with van der Waals surface area (Å²) in [6.07, 6.45) is -2.77. The van der Waals surface area contributed by atoms with E-state index in [4.69, 9.17) is 9.84 Å². The Morgan fingerprint density at radius 1 is 1.33 bits per heavy atom. The summed E-state index contributed by atoms with van der Waals surface area (Å²) in [6, 6.07) is 8.31. The molecule has 0 unspecified atom stereocenters. The number of ether oxygens (including phenoxy) is 2. The van der Waals surface area contributed by atoms with Crippen LogP contribution in [-0.4, -0.2) is 52.5 Å². The Labute approximate surface area is 120 Å². The zero-order valence-electron chi connectivity index (χ0n) is 10.9. The molecule has 0 aromatic heterocycles. The van der Waals surface area contributed by atoms with Crippen molar-refractivity contribution in [1.29, 1.82) is 0 Å². The van der Waals surface area contributed by atoms with Gasteiger partial charge in [-0.3, -0.25) is 4.79 Å². The van der Waals surface area contributed by atoms with Gasteiger partial charge in [-0.15, -0.1) is 0 Å². The molecule has 2 rings (SSSR count). The highest BCUT2D eigenvalue weighted by molar-refractivity contribution is 5.97. The second kappa shape index (κ2) is 6.38. The molecule has 1 aromatic carbocycles. The number of esters is 1. The SMILES string of the molecule is O=C1O[C@H]([C@@H](O)CO)C(OCC(=O)c2ccccc2)=C1O. The van der Waals surface area contributed by atoms with Crippen LogP contribution in [0.25, 0.3) is 0 Å². The average Bonchev–Trinajstić information content (AvgIpc) is 2.80. The zero-order chi connectivity index (χ0) is 15.4. The molecule has 0 spiro atoms. The van der Waals surface area contributed by atoms with Crippen molar-refractivity contribution in [3.8, 4) is 0 Å². The molecule has 21 heavy (non-hydrogen) atoms. The fourth-order valence-corrected chi connectivity index (χ4v) is 1.81. The Bertz CT molecular complexity index is 564. The molecule has 0 saturated carbocycles. The molecular formula is C14H14O7. The van der Waals surface area contributed by atoms with E-state index in [-0.39, 0.29) is 11.5 Å². The molecule has 112 valence electrons. The van der Waals surface area contributed by atoms with Crippen molar-refractivity contribution in [2.24, 2.45) is 0 Å². The van der Waals surface area contributed by atoms with Crippen molar-refractivity contribution >= 4 is 11.8 Å². The lowest BCUT2D eigenvalue weighted by molar-refractivity contribution is -0.148. The first kappa shape index (κ1) is 15.0. The maximum absolute atomic E-state index is 11.9. The lowest BCUT2D eigenvalue weighted by atomic mass is 10.1. The molecule has 0 fully saturated rings. The van der Waals surface area contributed by atoms with E-state index < -0.39 is 37.2 Å². The van der Waals surface area contributed by atoms with Crippen LogP contribution in [0.1, 0.15) is 10.4 Å². The van der Waals surface area contributed by atoms with E-state index in [1.807, 2.05) is 0 Å². The van der Waals surface area contributed by atoms with Crippen LogP contribution in [-0.2, 0) is 14.3 Å². The van der Waals surface area contributed by atoms with Gasteiger partial charge in [0.15, 0.2) is 24.3 Å². The molecular weight excluding hydrogens is 280 g/mol. The van der Waals surface area contributed by atoms with E-state index in [1.165, 1.54) is 0 Å². The molecule has 0 aliphatic carbocycles. The van der Waals surface area contributed by atoms with Crippen LogP contribution in [0.5, 0.6) is 0 Å². The summed E-state index contributed by atoms with van der Waals surface area (Å²) in [6.45, 7) is -1.13. The zero-order valence-corrected chi connectivity index (χ0v) is 10.9. The maximum atomic E-state index is 11.9. The highest BCUT2D eigenvalue weighted by Gasteiger charge is 2.40. The quantitative estimate of drug-likeness (QED) is 0.497. The first-order valence-electron chi connectivity index (χ1n) is 6.18. The van der Waals surface area contributed by atoms with E-state index in [9.17, 15) is 19.8 Å². The third-order valence-corrected chi connectivity index (χ3v) is 2.91. The van der Waals surface area contributed by atoms with Crippen molar-refractivity contribution in [3.63, 3.8) is 0 Å². The summed E-state index contributed by atoms with van der Waals surface area (Å²) in [5, 5.41) is 27.9. The predicted octanol–water partition coefficient (Wildman–Crippen LogP) is -0.0659. The second-order valence-electron chi connectivity index (χ2n) is 4.37. The number of hydrogen-bond acceptors (Lipinski definition) is 7. The van der Waals surface area contributed by atoms with Crippen LogP contribution in [0.15, 0.2) is 41.9 Å². The number of carbonyl (C=O) groups is 2. The van der Waals surface area contributed by atoms with Gasteiger partial charge in [0, 0.05) is 5.56 Å². The highest BCUT2D eigenvalue weighted by atomic mass is 16.6. The predicted molar refractivity (Wildman–Crippen MR) is 69.4 cm³/mol. The van der Waals surface area contributed by atoms with Crippen LogP contribution in [0.3, 0.4) is 0 Å². The molecule has 7 heteroatoms. The average molecular weight is 294 g/mol. The Hall–Kier alpha value is -2.38. The van der Waals surface area contributed by atoms with Gasteiger partial charge in [0.2, 0.25) is 5.76 Å². The van der Waals surface area contributed by atoms with Gasteiger partial charge < -0.3 is 24.8 Å². The Morgan fingerprint density at radius 2 is 2.00 bits per heavy atom. The maximum Gasteiger partial charge on any atom is 0.378 e. The molecule has 1 aliphatic rings. The third-order valence-electron chi connectivity index (χ3n) is 2.91. The van der Waals surface area contributed by atoms with Gasteiger partial charge in [0.1, 0.15) is 6.10 Å². The Morgan fingerprint density at radius 3 is 2.62 bits per heavy atom. The van der Waals surface area contributed by atoms with Crippen LogP contribution >= 0.6 is 0 Å². The van der Waals surface area contributed by atoms with E-state index in [2.05, 4.69) is 4.74 Å². The molecule has 7 nitrogen and oxygen atoms in total. The lowest BCUT2D eigenvalue weighted by Gasteiger charge is -2.18. The lowest BCUT2D eigenvalue weighted by Crippen LogP contribution is -2.33. The number of benzene rings is 1. The van der Waals surface area contributed by atoms with Gasteiger partial charge in [-0.05, 0) is 0 Å². The summed E-state index contributed by atoms with van der Waals surface area (Å²) in [7, 11) is 0. The fraction of sp³-hybridized carbons (Fsp3) is 0.286. The number of aliphatic hydroxyl groups excluding tert-OH is 3. The van der Waals surface area contributed by atoms with Gasteiger partial charge in [-0.2, -0.15) is 0 Å². The minimum atomic E-state index is -1.44. The number of cyclic esters (lactones) is 1. The molecule has 2 atom stereocenters. The molecule has 1 aliphatic heterocycles. The van der Waals surface area contributed by atoms with Crippen LogP contribution < -0.4 is 0 Å². The topological polar surface area (TPSA) is 113 Å². The molecule has 0 bridgehead atoms. The molecule has 1 heterocycles. The van der Waals surface area contributed by atoms with Crippen molar-refractivity contribution in [2.45, 2.75) is 12.2 Å². The van der Waals surface area contributed by atoms with Gasteiger partial charge >= 0.3 is 5.97 Å². The molecule has 0 radical (unpaired) electrons. The summed E-state index contributed by atoms with van der Waals surface area (Å²) in [5.41, 5.74) is 0.405. The highest BCUT2D eigenvalue weighted by Crippen LogP contribution is 2.25. The summed E-state index contributed by atoms with van der Waals surface area (Å²) < 4.78 is 9.77. The number of rotatable bonds is 6. The first-order valence-corrected chi connectivity index (χ1v) is 6.18. The molecule has 3 N–H and O–H groups in total. The second-order valence-corrected chi connectivity index (χ2v) is 4.37. The third kappa shape index (κ3) is 3.21. The summed E-state index contributed by atoms with van der Waals surface area (Å²) in [4.78, 5) is 23.1. The smallest absolute Gasteiger partial charge is 0.378 e. The standard InChI is InChI=1S/C14H14O7/c15-6-9(16)12-13(11(18)14(19)21-12)20-7-10(17)8-4-2-1-3-5-8/h1-5,9,12,15-16,18H,6-7H2/t9-,12+/m0/s1. The van der Waals surface area contributed by atoms with Crippen LogP contribution in [0.2, 0.25) is 0 Å².